The monoisotopic (exact) mass is 383 g/mol. The molecule has 0 saturated heterocycles. The normalized spacial score (nSPS) is 14.1. The Morgan fingerprint density at radius 2 is 1.59 bits per heavy atom. The van der Waals surface area contributed by atoms with E-state index in [2.05, 4.69) is 20.4 Å². The molecule has 2 unspecified atom stereocenters. The Kier molecular flexibility index (Phi) is 15.6. The van der Waals surface area contributed by atoms with E-state index in [-0.39, 0.29) is 6.10 Å². The van der Waals surface area contributed by atoms with Gasteiger partial charge in [-0.1, -0.05) is 46.1 Å². The Labute approximate surface area is 168 Å². The molecule has 2 atom stereocenters. The number of allylic oxidation sites excluding steroid dienone is 1. The van der Waals surface area contributed by atoms with Gasteiger partial charge in [-0.3, -0.25) is 0 Å². The minimum atomic E-state index is -0.958. The summed E-state index contributed by atoms with van der Waals surface area (Å²) in [5.74, 6) is -1.38. The van der Waals surface area contributed by atoms with Crippen LogP contribution >= 0.6 is 0 Å². The Hall–Kier alpha value is -0.870. The molecule has 0 bridgehead atoms. The second-order valence-electron chi connectivity index (χ2n) is 8.34. The molecule has 4 nitrogen and oxygen atoms in total. The van der Waals surface area contributed by atoms with Crippen molar-refractivity contribution in [2.45, 2.75) is 97.5 Å². The number of carbonyl (C=O) groups excluding carboxylic acids is 1. The molecule has 160 valence electrons. The minimum absolute atomic E-state index is 0.309. The predicted octanol–water partition coefficient (Wildman–Crippen LogP) is 4.07. The van der Waals surface area contributed by atoms with E-state index in [1.54, 1.807) is 6.92 Å². The molecule has 0 heterocycles. The maximum absolute atomic E-state index is 11.2. The molecule has 0 aromatic carbocycles. The summed E-state index contributed by atoms with van der Waals surface area (Å²) in [6.07, 6.45) is 13.2. The first-order chi connectivity index (χ1) is 12.9. The molecule has 0 aliphatic rings. The van der Waals surface area contributed by atoms with Crippen molar-refractivity contribution in [3.05, 3.63) is 12.7 Å². The van der Waals surface area contributed by atoms with Gasteiger partial charge in [0.05, 0.1) is 19.6 Å². The molecule has 0 aromatic rings. The first-order valence-corrected chi connectivity index (χ1v) is 11.3. The summed E-state index contributed by atoms with van der Waals surface area (Å²) in [6, 6.07) is 0. The fourth-order valence-corrected chi connectivity index (χ4v) is 3.80. The number of rotatable bonds is 19. The smallest absolute Gasteiger partial charge is 0.105 e. The van der Waals surface area contributed by atoms with Crippen LogP contribution in [0.2, 0.25) is 0 Å². The third-order valence-corrected chi connectivity index (χ3v) is 5.70. The number of aliphatic carboxylic acids is 1. The van der Waals surface area contributed by atoms with Crippen LogP contribution < -0.4 is 5.11 Å². The van der Waals surface area contributed by atoms with E-state index >= 15 is 0 Å². The van der Waals surface area contributed by atoms with Crippen LogP contribution in [0.3, 0.4) is 0 Å². The summed E-state index contributed by atoms with van der Waals surface area (Å²) in [5, 5.41) is 21.9. The largest absolute Gasteiger partial charge is 0.550 e. The lowest BCUT2D eigenvalue weighted by Gasteiger charge is -2.41. The predicted molar refractivity (Wildman–Crippen MR) is 112 cm³/mol. The molecule has 0 amide bonds. The summed E-state index contributed by atoms with van der Waals surface area (Å²) in [7, 11) is 0. The summed E-state index contributed by atoms with van der Waals surface area (Å²) in [4.78, 5) is 11.2. The lowest BCUT2D eigenvalue weighted by atomic mass is 10.0. The van der Waals surface area contributed by atoms with Gasteiger partial charge in [0.15, 0.2) is 0 Å². The van der Waals surface area contributed by atoms with Gasteiger partial charge in [0.1, 0.15) is 12.6 Å². The number of hydrogen-bond acceptors (Lipinski definition) is 3. The lowest BCUT2D eigenvalue weighted by molar-refractivity contribution is -0.931. The van der Waals surface area contributed by atoms with E-state index in [1.165, 1.54) is 25.7 Å². The number of carbonyl (C=O) groups is 1. The summed E-state index contributed by atoms with van der Waals surface area (Å²) >= 11 is 0. The van der Waals surface area contributed by atoms with E-state index in [0.29, 0.717) is 6.42 Å². The van der Waals surface area contributed by atoms with Gasteiger partial charge in [0, 0.05) is 18.3 Å². The lowest BCUT2D eigenvalue weighted by Crippen LogP contribution is -2.54. The second-order valence-corrected chi connectivity index (χ2v) is 8.34. The molecule has 0 rings (SSSR count). The quantitative estimate of drug-likeness (QED) is 0.208. The molecule has 4 heteroatoms. The maximum Gasteiger partial charge on any atom is 0.105 e. The van der Waals surface area contributed by atoms with Crippen LogP contribution in [0.4, 0.5) is 0 Å². The third kappa shape index (κ3) is 13.0. The minimum Gasteiger partial charge on any atom is -0.550 e. The SMILES string of the molecule is C=CCCCCC(O)C[N+](CCCCC)(CCCCC)CCC(C)C(=O)[O-]. The molecular weight excluding hydrogens is 338 g/mol. The van der Waals surface area contributed by atoms with Crippen molar-refractivity contribution in [1.82, 2.24) is 0 Å². The average molecular weight is 384 g/mol. The second kappa shape index (κ2) is 16.1. The molecular formula is C23H45NO3. The molecule has 0 aromatic heterocycles. The van der Waals surface area contributed by atoms with Crippen LogP contribution in [0.1, 0.15) is 91.4 Å². The number of aliphatic hydroxyl groups excluding tert-OH is 1. The zero-order chi connectivity index (χ0) is 20.5. The molecule has 0 aliphatic carbocycles. The molecule has 0 spiro atoms. The van der Waals surface area contributed by atoms with Gasteiger partial charge in [-0.25, -0.2) is 0 Å². The highest BCUT2D eigenvalue weighted by molar-refractivity contribution is 5.66. The van der Waals surface area contributed by atoms with Crippen LogP contribution in [0, 0.1) is 5.92 Å². The number of aliphatic hydroxyl groups is 1. The van der Waals surface area contributed by atoms with E-state index in [0.717, 1.165) is 69.2 Å². The van der Waals surface area contributed by atoms with E-state index in [4.69, 9.17) is 0 Å². The van der Waals surface area contributed by atoms with Gasteiger partial charge in [-0.2, -0.15) is 0 Å². The van der Waals surface area contributed by atoms with Gasteiger partial charge in [-0.05, 0) is 44.9 Å². The van der Waals surface area contributed by atoms with Gasteiger partial charge < -0.3 is 19.5 Å². The molecule has 27 heavy (non-hydrogen) atoms. The Bertz CT molecular complexity index is 374. The molecule has 0 aliphatic heterocycles. The Balaban J connectivity index is 5.01. The molecule has 0 saturated carbocycles. The topological polar surface area (TPSA) is 60.4 Å². The van der Waals surface area contributed by atoms with Crippen molar-refractivity contribution in [3.63, 3.8) is 0 Å². The first kappa shape index (κ1) is 26.1. The fourth-order valence-electron chi connectivity index (χ4n) is 3.80. The van der Waals surface area contributed by atoms with Crippen molar-refractivity contribution in [1.29, 1.82) is 0 Å². The highest BCUT2D eigenvalue weighted by atomic mass is 16.4. The van der Waals surface area contributed by atoms with E-state index in [9.17, 15) is 15.0 Å². The van der Waals surface area contributed by atoms with Crippen LogP contribution in [0.15, 0.2) is 12.7 Å². The number of carboxylic acid groups (broad SMARTS) is 1. The number of quaternary nitrogens is 1. The van der Waals surface area contributed by atoms with Crippen molar-refractivity contribution in [2.24, 2.45) is 5.92 Å². The standard InChI is InChI=1S/C23H45NO3/c1-5-8-11-12-15-22(25)20-24(17-13-9-6-2,18-14-10-7-3)19-16-21(4)23(26)27/h5,21-22,25H,1,6-20H2,2-4H3. The zero-order valence-electron chi connectivity index (χ0n) is 18.3. The zero-order valence-corrected chi connectivity index (χ0v) is 18.3. The summed E-state index contributed by atoms with van der Waals surface area (Å²) < 4.78 is 0.861. The van der Waals surface area contributed by atoms with Crippen molar-refractivity contribution in [2.75, 3.05) is 26.2 Å². The Morgan fingerprint density at radius 3 is 2.07 bits per heavy atom. The van der Waals surface area contributed by atoms with Gasteiger partial charge >= 0.3 is 0 Å². The number of unbranched alkanes of at least 4 members (excludes halogenated alkanes) is 6. The van der Waals surface area contributed by atoms with Crippen LogP contribution in [-0.2, 0) is 4.79 Å². The van der Waals surface area contributed by atoms with Gasteiger partial charge in [0.2, 0.25) is 0 Å². The van der Waals surface area contributed by atoms with Gasteiger partial charge in [-0.15, -0.1) is 6.58 Å². The number of nitrogens with zero attached hydrogens (tertiary/aromatic N) is 1. The highest BCUT2D eigenvalue weighted by Gasteiger charge is 2.30. The van der Waals surface area contributed by atoms with Crippen molar-refractivity contribution >= 4 is 5.97 Å². The highest BCUT2D eigenvalue weighted by Crippen LogP contribution is 2.20. The molecule has 0 radical (unpaired) electrons. The van der Waals surface area contributed by atoms with E-state index < -0.39 is 11.9 Å². The summed E-state index contributed by atoms with van der Waals surface area (Å²) in [5.41, 5.74) is 0. The Morgan fingerprint density at radius 1 is 1.00 bits per heavy atom. The molecule has 0 fully saturated rings. The molecule has 1 N–H and O–H groups in total. The van der Waals surface area contributed by atoms with E-state index in [1.807, 2.05) is 6.08 Å². The van der Waals surface area contributed by atoms with Crippen LogP contribution in [-0.4, -0.2) is 47.8 Å². The van der Waals surface area contributed by atoms with Crippen molar-refractivity contribution in [3.8, 4) is 0 Å². The summed E-state index contributed by atoms with van der Waals surface area (Å²) in [6.45, 7) is 13.6. The number of hydrogen-bond donors (Lipinski definition) is 1. The van der Waals surface area contributed by atoms with Crippen LogP contribution in [0.5, 0.6) is 0 Å². The maximum atomic E-state index is 11.2. The van der Waals surface area contributed by atoms with Crippen molar-refractivity contribution < 1.29 is 19.5 Å². The van der Waals surface area contributed by atoms with Crippen LogP contribution in [0.25, 0.3) is 0 Å². The first-order valence-electron chi connectivity index (χ1n) is 11.3. The third-order valence-electron chi connectivity index (χ3n) is 5.70. The van der Waals surface area contributed by atoms with Gasteiger partial charge in [0.25, 0.3) is 0 Å². The fraction of sp³-hybridized carbons (Fsp3) is 0.870. The number of carboxylic acids is 1. The average Bonchev–Trinajstić information content (AvgIpc) is 2.63.